The summed E-state index contributed by atoms with van der Waals surface area (Å²) in [5.74, 6) is -0.843. The molecule has 8 atom stereocenters. The van der Waals surface area contributed by atoms with Crippen molar-refractivity contribution in [3.05, 3.63) is 59.6 Å². The van der Waals surface area contributed by atoms with Gasteiger partial charge in [-0.15, -0.1) is 5.10 Å². The largest absolute Gasteiger partial charge is 0.392 e. The normalized spacial score (nSPS) is 40.5. The van der Waals surface area contributed by atoms with Gasteiger partial charge in [0, 0.05) is 11.5 Å². The van der Waals surface area contributed by atoms with E-state index in [1.807, 2.05) is 19.9 Å². The van der Waals surface area contributed by atoms with Gasteiger partial charge in [-0.1, -0.05) is 50.3 Å². The Balaban J connectivity index is 1.52. The van der Waals surface area contributed by atoms with Crippen molar-refractivity contribution in [3.8, 4) is 11.3 Å². The van der Waals surface area contributed by atoms with Crippen LogP contribution in [0.5, 0.6) is 0 Å². The zero-order valence-corrected chi connectivity index (χ0v) is 20.9. The lowest BCUT2D eigenvalue weighted by molar-refractivity contribution is -0.175. The van der Waals surface area contributed by atoms with Crippen LogP contribution in [0.2, 0.25) is 0 Å². The second-order valence-corrected chi connectivity index (χ2v) is 11.9. The first-order valence-electron chi connectivity index (χ1n) is 12.6. The Morgan fingerprint density at radius 1 is 1.28 bits per heavy atom. The summed E-state index contributed by atoms with van der Waals surface area (Å²) >= 11 is 0. The van der Waals surface area contributed by atoms with Crippen molar-refractivity contribution in [1.29, 1.82) is 0 Å². The Morgan fingerprint density at radius 3 is 2.72 bits per heavy atom. The highest BCUT2D eigenvalue weighted by molar-refractivity contribution is 5.95. The van der Waals surface area contributed by atoms with Gasteiger partial charge >= 0.3 is 0 Å². The molecule has 3 N–H and O–H groups in total. The number of carbonyl (C=O) groups excluding carboxylic acids is 1. The van der Waals surface area contributed by atoms with Crippen LogP contribution >= 0.6 is 0 Å². The maximum absolute atomic E-state index is 14.5. The molecule has 2 aromatic rings. The molecule has 1 spiro atoms. The van der Waals surface area contributed by atoms with E-state index in [1.165, 1.54) is 16.8 Å². The highest BCUT2D eigenvalue weighted by Gasteiger charge is 2.76. The van der Waals surface area contributed by atoms with Gasteiger partial charge in [0.15, 0.2) is 5.78 Å². The average Bonchev–Trinajstić information content (AvgIpc) is 3.13. The second-order valence-electron chi connectivity index (χ2n) is 11.9. The SMILES string of the molecule is CC1=C[C@]23C(=O)[C@@H](C=C(CO)[C@@H](O)[C@]2(O)[C@H]1n1cc(-c2cccc(F)c2)nn1)[C@H]1[C@@H](C[C@H]3C)C1(C)C. The molecule has 0 unspecified atom stereocenters. The number of hydrogen-bond acceptors (Lipinski definition) is 6. The lowest BCUT2D eigenvalue weighted by atomic mass is 9.58. The van der Waals surface area contributed by atoms with Crippen LogP contribution in [0.3, 0.4) is 0 Å². The molecule has 2 saturated carbocycles. The first-order chi connectivity index (χ1) is 17.0. The fourth-order valence-corrected chi connectivity index (χ4v) is 8.02. The van der Waals surface area contributed by atoms with Gasteiger partial charge in [0.2, 0.25) is 0 Å². The molecule has 7 nitrogen and oxygen atoms in total. The number of fused-ring (bicyclic) bond motifs is 3. The Labute approximate surface area is 209 Å². The molecule has 0 amide bonds. The smallest absolute Gasteiger partial charge is 0.153 e. The van der Waals surface area contributed by atoms with Crippen molar-refractivity contribution in [2.24, 2.45) is 34.5 Å². The molecule has 0 radical (unpaired) electrons. The van der Waals surface area contributed by atoms with Crippen molar-refractivity contribution < 1.29 is 24.5 Å². The van der Waals surface area contributed by atoms with E-state index >= 15 is 0 Å². The van der Waals surface area contributed by atoms with E-state index in [2.05, 4.69) is 24.2 Å². The van der Waals surface area contributed by atoms with Crippen LogP contribution in [0, 0.1) is 40.3 Å². The summed E-state index contributed by atoms with van der Waals surface area (Å²) in [6, 6.07) is 5.10. The minimum absolute atomic E-state index is 0.0246. The van der Waals surface area contributed by atoms with Crippen molar-refractivity contribution >= 4 is 5.78 Å². The third-order valence-corrected chi connectivity index (χ3v) is 9.83. The number of hydrogen-bond donors (Lipinski definition) is 3. The summed E-state index contributed by atoms with van der Waals surface area (Å²) in [5, 5.41) is 43.1. The monoisotopic (exact) mass is 493 g/mol. The van der Waals surface area contributed by atoms with Crippen molar-refractivity contribution in [1.82, 2.24) is 15.0 Å². The van der Waals surface area contributed by atoms with Crippen LogP contribution in [-0.4, -0.2) is 54.4 Å². The predicted molar refractivity (Wildman–Crippen MR) is 130 cm³/mol. The van der Waals surface area contributed by atoms with Gasteiger partial charge in [0.05, 0.1) is 18.2 Å². The van der Waals surface area contributed by atoms with E-state index in [-0.39, 0.29) is 28.6 Å². The molecule has 1 heterocycles. The number of Topliss-reactive ketones (excluding diaryl/α,β-unsaturated/α-hetero) is 1. The maximum Gasteiger partial charge on any atom is 0.153 e. The molecule has 4 aliphatic rings. The minimum Gasteiger partial charge on any atom is -0.392 e. The fourth-order valence-electron chi connectivity index (χ4n) is 8.02. The molecule has 6 rings (SSSR count). The second kappa shape index (κ2) is 7.43. The number of halogens is 1. The predicted octanol–water partition coefficient (Wildman–Crippen LogP) is 3.09. The van der Waals surface area contributed by atoms with Crippen molar-refractivity contribution in [2.75, 3.05) is 6.61 Å². The number of carbonyl (C=O) groups is 1. The molecular weight excluding hydrogens is 461 g/mol. The van der Waals surface area contributed by atoms with E-state index < -0.39 is 41.5 Å². The van der Waals surface area contributed by atoms with Gasteiger partial charge in [-0.05, 0) is 59.8 Å². The molecule has 0 saturated heterocycles. The average molecular weight is 494 g/mol. The summed E-state index contributed by atoms with van der Waals surface area (Å²) in [4.78, 5) is 14.5. The maximum atomic E-state index is 14.5. The first kappa shape index (κ1) is 23.7. The number of aromatic nitrogens is 3. The van der Waals surface area contributed by atoms with Gasteiger partial charge < -0.3 is 15.3 Å². The molecule has 1 aromatic carbocycles. The highest BCUT2D eigenvalue weighted by atomic mass is 19.1. The third kappa shape index (κ3) is 2.75. The first-order valence-corrected chi connectivity index (χ1v) is 12.6. The van der Waals surface area contributed by atoms with Crippen LogP contribution in [0.4, 0.5) is 4.39 Å². The lowest BCUT2D eigenvalue weighted by Crippen LogP contribution is -2.63. The van der Waals surface area contributed by atoms with Gasteiger partial charge in [0.25, 0.3) is 0 Å². The van der Waals surface area contributed by atoms with E-state index in [0.717, 1.165) is 6.42 Å². The van der Waals surface area contributed by atoms with Crippen molar-refractivity contribution in [2.45, 2.75) is 51.9 Å². The van der Waals surface area contributed by atoms with E-state index in [0.29, 0.717) is 22.7 Å². The molecule has 1 aromatic heterocycles. The van der Waals surface area contributed by atoms with Crippen LogP contribution in [0.25, 0.3) is 11.3 Å². The summed E-state index contributed by atoms with van der Waals surface area (Å²) in [6.45, 7) is 7.69. The van der Waals surface area contributed by atoms with Crippen LogP contribution in [0.1, 0.15) is 40.2 Å². The fraction of sp³-hybridized carbons (Fsp3) is 0.536. The molecule has 0 aliphatic heterocycles. The molecule has 2 bridgehead atoms. The number of aliphatic hydroxyl groups excluding tert-OH is 2. The van der Waals surface area contributed by atoms with Crippen LogP contribution in [-0.2, 0) is 4.79 Å². The van der Waals surface area contributed by atoms with Gasteiger partial charge in [-0.25, -0.2) is 9.07 Å². The van der Waals surface area contributed by atoms with Crippen molar-refractivity contribution in [3.63, 3.8) is 0 Å². The van der Waals surface area contributed by atoms with Gasteiger partial charge in [0.1, 0.15) is 29.3 Å². The highest BCUT2D eigenvalue weighted by Crippen LogP contribution is 2.72. The van der Waals surface area contributed by atoms with Gasteiger partial charge in [-0.3, -0.25) is 4.79 Å². The number of rotatable bonds is 3. The number of benzene rings is 1. The quantitative estimate of drug-likeness (QED) is 0.567. The topological polar surface area (TPSA) is 108 Å². The Bertz CT molecular complexity index is 1330. The Morgan fingerprint density at radius 2 is 2.03 bits per heavy atom. The molecule has 2 fully saturated rings. The zero-order valence-electron chi connectivity index (χ0n) is 20.9. The van der Waals surface area contributed by atoms with E-state index in [1.54, 1.807) is 24.4 Å². The summed E-state index contributed by atoms with van der Waals surface area (Å²) in [5.41, 5.74) is -1.47. The van der Waals surface area contributed by atoms with E-state index in [9.17, 15) is 24.5 Å². The number of aliphatic hydroxyl groups is 3. The standard InChI is InChI=1S/C28H32FN3O4/c1-14-11-27-15(2)8-20-22(26(20,3)4)19(25(27)35)10-17(13-33)24(34)28(27,36)23(14)32-12-21(30-31-32)16-6-5-7-18(29)9-16/h5-7,9-12,15,19-20,22-24,33-34,36H,8,13H2,1-4H3/t15-,19+,20-,22+,23+,24-,27+,28-/m1/s1. The zero-order chi connectivity index (χ0) is 25.8. The molecule has 190 valence electrons. The molecular formula is C28H32FN3O4. The lowest BCUT2D eigenvalue weighted by Gasteiger charge is -2.49. The third-order valence-electron chi connectivity index (χ3n) is 9.83. The van der Waals surface area contributed by atoms with E-state index in [4.69, 9.17) is 0 Å². The molecule has 4 aliphatic carbocycles. The Hall–Kier alpha value is -2.68. The van der Waals surface area contributed by atoms with Gasteiger partial charge in [-0.2, -0.15) is 0 Å². The molecule has 36 heavy (non-hydrogen) atoms. The minimum atomic E-state index is -1.98. The van der Waals surface area contributed by atoms with Crippen LogP contribution in [0.15, 0.2) is 53.8 Å². The Kier molecular flexibility index (Phi) is 4.89. The summed E-state index contributed by atoms with van der Waals surface area (Å²) in [6.07, 6.45) is 4.43. The number of ketones is 1. The summed E-state index contributed by atoms with van der Waals surface area (Å²) < 4.78 is 15.3. The number of allylic oxidation sites excluding steroid dienone is 1. The molecule has 8 heteroatoms. The summed E-state index contributed by atoms with van der Waals surface area (Å²) in [7, 11) is 0. The number of nitrogens with zero attached hydrogens (tertiary/aromatic N) is 3. The van der Waals surface area contributed by atoms with Crippen LogP contribution < -0.4 is 0 Å².